The smallest absolute Gasteiger partial charge is 0.252 e. The predicted octanol–water partition coefficient (Wildman–Crippen LogP) is 3.13. The number of fused-ring (bicyclic) bond motifs is 1. The number of hydrogen-bond donors (Lipinski definition) is 4. The van der Waals surface area contributed by atoms with Crippen molar-refractivity contribution in [1.29, 1.82) is 0 Å². The second kappa shape index (κ2) is 6.15. The molecule has 0 aliphatic rings. The number of aromatic nitrogens is 1. The summed E-state index contributed by atoms with van der Waals surface area (Å²) in [6, 6.07) is 12.4. The van der Waals surface area contributed by atoms with E-state index < -0.39 is 0 Å². The molecule has 0 unspecified atom stereocenters. The van der Waals surface area contributed by atoms with Crippen LogP contribution in [-0.2, 0) is 6.42 Å². The molecule has 112 valence electrons. The Hall–Kier alpha value is -2.40. The van der Waals surface area contributed by atoms with Gasteiger partial charge in [0.2, 0.25) is 0 Å². The van der Waals surface area contributed by atoms with Crippen molar-refractivity contribution in [2.75, 3.05) is 6.54 Å². The van der Waals surface area contributed by atoms with Crippen molar-refractivity contribution in [3.8, 4) is 5.75 Å². The van der Waals surface area contributed by atoms with Crippen molar-refractivity contribution >= 4 is 29.4 Å². The van der Waals surface area contributed by atoms with Crippen LogP contribution in [0.15, 0.2) is 53.6 Å². The molecule has 0 bridgehead atoms. The topological polar surface area (TPSA) is 65.1 Å². The monoisotopic (exact) mass is 312 g/mol. The summed E-state index contributed by atoms with van der Waals surface area (Å²) in [7, 11) is 0. The lowest BCUT2D eigenvalue weighted by Crippen LogP contribution is -2.26. The number of phenolic OH excluding ortho intramolecular Hbond substituents is 1. The van der Waals surface area contributed by atoms with Crippen LogP contribution in [0.1, 0.15) is 15.9 Å². The Labute approximate surface area is 133 Å². The fraction of sp³-hybridized carbons (Fsp3) is 0.118. The zero-order chi connectivity index (χ0) is 15.5. The van der Waals surface area contributed by atoms with E-state index in [2.05, 4.69) is 22.9 Å². The molecular formula is C17H16N2O2S. The van der Waals surface area contributed by atoms with Crippen LogP contribution in [-0.4, -0.2) is 22.5 Å². The minimum atomic E-state index is -0.131. The van der Waals surface area contributed by atoms with Crippen molar-refractivity contribution < 1.29 is 9.90 Å². The van der Waals surface area contributed by atoms with E-state index in [-0.39, 0.29) is 11.7 Å². The van der Waals surface area contributed by atoms with Crippen LogP contribution in [0.4, 0.5) is 0 Å². The first-order chi connectivity index (χ1) is 10.6. The van der Waals surface area contributed by atoms with Crippen LogP contribution in [0.5, 0.6) is 5.75 Å². The molecule has 0 radical (unpaired) electrons. The second-order valence-electron chi connectivity index (χ2n) is 5.07. The number of aromatic hydroxyl groups is 1. The van der Waals surface area contributed by atoms with Crippen LogP contribution >= 0.6 is 12.6 Å². The van der Waals surface area contributed by atoms with Crippen LogP contribution < -0.4 is 5.32 Å². The Morgan fingerprint density at radius 1 is 1.23 bits per heavy atom. The molecule has 22 heavy (non-hydrogen) atoms. The molecule has 1 amide bonds. The van der Waals surface area contributed by atoms with Gasteiger partial charge in [-0.15, -0.1) is 12.6 Å². The molecule has 0 fully saturated rings. The van der Waals surface area contributed by atoms with Crippen LogP contribution in [0.2, 0.25) is 0 Å². The van der Waals surface area contributed by atoms with Crippen LogP contribution in [0, 0.1) is 0 Å². The molecule has 3 aromatic rings. The van der Waals surface area contributed by atoms with E-state index in [9.17, 15) is 9.90 Å². The molecule has 0 saturated heterocycles. The zero-order valence-electron chi connectivity index (χ0n) is 11.8. The van der Waals surface area contributed by atoms with Gasteiger partial charge in [0.1, 0.15) is 5.75 Å². The summed E-state index contributed by atoms with van der Waals surface area (Å²) >= 11 is 4.29. The fourth-order valence-corrected chi connectivity index (χ4v) is 2.71. The first kappa shape index (κ1) is 14.5. The Bertz CT molecular complexity index is 826. The van der Waals surface area contributed by atoms with E-state index in [1.165, 1.54) is 0 Å². The maximum atomic E-state index is 12.1. The highest BCUT2D eigenvalue weighted by Gasteiger charge is 2.09. The fourth-order valence-electron chi connectivity index (χ4n) is 2.44. The number of rotatable bonds is 4. The predicted molar refractivity (Wildman–Crippen MR) is 89.7 cm³/mol. The molecule has 5 heteroatoms. The quantitative estimate of drug-likeness (QED) is 0.559. The number of H-pyrrole nitrogens is 1. The zero-order valence-corrected chi connectivity index (χ0v) is 12.7. The van der Waals surface area contributed by atoms with Gasteiger partial charge in [0.05, 0.1) is 5.56 Å². The summed E-state index contributed by atoms with van der Waals surface area (Å²) in [5, 5.41) is 13.4. The average Bonchev–Trinajstić information content (AvgIpc) is 2.90. The molecule has 0 atom stereocenters. The third-order valence-electron chi connectivity index (χ3n) is 3.58. The summed E-state index contributed by atoms with van der Waals surface area (Å²) in [5.41, 5.74) is 2.60. The Kier molecular flexibility index (Phi) is 4.06. The van der Waals surface area contributed by atoms with Crippen molar-refractivity contribution in [3.63, 3.8) is 0 Å². The lowest BCUT2D eigenvalue weighted by Gasteiger charge is -2.06. The molecule has 0 spiro atoms. The number of aromatic amines is 1. The second-order valence-corrected chi connectivity index (χ2v) is 5.55. The van der Waals surface area contributed by atoms with Gasteiger partial charge < -0.3 is 15.4 Å². The summed E-state index contributed by atoms with van der Waals surface area (Å²) in [4.78, 5) is 15.9. The Morgan fingerprint density at radius 2 is 2.05 bits per heavy atom. The van der Waals surface area contributed by atoms with Crippen LogP contribution in [0.3, 0.4) is 0 Å². The van der Waals surface area contributed by atoms with Crippen molar-refractivity contribution in [1.82, 2.24) is 10.3 Å². The van der Waals surface area contributed by atoms with Gasteiger partial charge in [-0.3, -0.25) is 4.79 Å². The molecule has 4 nitrogen and oxygen atoms in total. The molecule has 0 aliphatic carbocycles. The number of carbonyl (C=O) groups excluding carboxylic acids is 1. The normalized spacial score (nSPS) is 10.8. The summed E-state index contributed by atoms with van der Waals surface area (Å²) in [6.45, 7) is 0.517. The third-order valence-corrected chi connectivity index (χ3v) is 3.97. The Morgan fingerprint density at radius 3 is 2.86 bits per heavy atom. The van der Waals surface area contributed by atoms with E-state index in [1.54, 1.807) is 24.3 Å². The molecule has 0 saturated carbocycles. The van der Waals surface area contributed by atoms with Gasteiger partial charge >= 0.3 is 0 Å². The molecular weight excluding hydrogens is 296 g/mol. The number of amides is 1. The van der Waals surface area contributed by atoms with Gasteiger partial charge in [0.15, 0.2) is 0 Å². The standard InChI is InChI=1S/C17H16N2O2S/c20-12-5-6-15-14(9-12)11(10-19-15)7-8-18-17(21)13-3-1-2-4-16(13)22/h1-6,9-10,19-20,22H,7-8H2,(H,18,21). The number of carbonyl (C=O) groups is 1. The highest BCUT2D eigenvalue weighted by molar-refractivity contribution is 7.80. The first-order valence-corrected chi connectivity index (χ1v) is 7.45. The van der Waals surface area contributed by atoms with Gasteiger partial charge in [0, 0.05) is 28.5 Å². The molecule has 3 rings (SSSR count). The molecule has 2 aromatic carbocycles. The van der Waals surface area contributed by atoms with Crippen molar-refractivity contribution in [2.45, 2.75) is 11.3 Å². The Balaban J connectivity index is 1.66. The highest BCUT2D eigenvalue weighted by Crippen LogP contribution is 2.23. The van der Waals surface area contributed by atoms with E-state index in [4.69, 9.17) is 0 Å². The minimum absolute atomic E-state index is 0.131. The number of thiol groups is 1. The summed E-state index contributed by atoms with van der Waals surface area (Å²) in [5.74, 6) is 0.106. The van der Waals surface area contributed by atoms with E-state index >= 15 is 0 Å². The summed E-state index contributed by atoms with van der Waals surface area (Å²) in [6.07, 6.45) is 2.59. The third kappa shape index (κ3) is 2.94. The van der Waals surface area contributed by atoms with Crippen molar-refractivity contribution in [3.05, 3.63) is 59.8 Å². The molecule has 1 heterocycles. The highest BCUT2D eigenvalue weighted by atomic mass is 32.1. The van der Waals surface area contributed by atoms with E-state index in [0.29, 0.717) is 23.4 Å². The number of benzene rings is 2. The maximum Gasteiger partial charge on any atom is 0.252 e. The molecule has 1 aromatic heterocycles. The average molecular weight is 312 g/mol. The van der Waals surface area contributed by atoms with Gasteiger partial charge in [0.25, 0.3) is 5.91 Å². The molecule has 3 N–H and O–H groups in total. The van der Waals surface area contributed by atoms with Gasteiger partial charge in [-0.05, 0) is 42.3 Å². The summed E-state index contributed by atoms with van der Waals surface area (Å²) < 4.78 is 0. The largest absolute Gasteiger partial charge is 0.508 e. The number of nitrogens with one attached hydrogen (secondary N) is 2. The first-order valence-electron chi connectivity index (χ1n) is 7.00. The van der Waals surface area contributed by atoms with Gasteiger partial charge in [-0.1, -0.05) is 12.1 Å². The lowest BCUT2D eigenvalue weighted by molar-refractivity contribution is 0.0951. The number of phenols is 1. The SMILES string of the molecule is O=C(NCCc1c[nH]c2ccc(O)cc12)c1ccccc1S. The number of hydrogen-bond acceptors (Lipinski definition) is 3. The lowest BCUT2D eigenvalue weighted by atomic mass is 10.1. The minimum Gasteiger partial charge on any atom is -0.508 e. The van der Waals surface area contributed by atoms with Crippen LogP contribution in [0.25, 0.3) is 10.9 Å². The van der Waals surface area contributed by atoms with Crippen molar-refractivity contribution in [2.24, 2.45) is 0 Å². The van der Waals surface area contributed by atoms with Gasteiger partial charge in [-0.2, -0.15) is 0 Å². The molecule has 0 aliphatic heterocycles. The van der Waals surface area contributed by atoms with Gasteiger partial charge in [-0.25, -0.2) is 0 Å². The van der Waals surface area contributed by atoms with E-state index in [1.807, 2.05) is 24.4 Å². The maximum absolute atomic E-state index is 12.1. The van der Waals surface area contributed by atoms with E-state index in [0.717, 1.165) is 16.5 Å².